The molecule has 0 bridgehead atoms. The fraction of sp³-hybridized carbons (Fsp3) is 0.316. The maximum absolute atomic E-state index is 13.4. The number of nitrogens with zero attached hydrogens (tertiary/aromatic N) is 3. The number of carbonyl (C=O) groups excluding carboxylic acids is 1. The Morgan fingerprint density at radius 2 is 2.06 bits per heavy atom. The number of benzene rings is 1. The zero-order valence-corrected chi connectivity index (χ0v) is 18.7. The van der Waals surface area contributed by atoms with E-state index in [1.165, 1.54) is 18.2 Å². The van der Waals surface area contributed by atoms with Crippen LogP contribution in [0, 0.1) is 5.82 Å². The number of nitrogens with two attached hydrogens (primary N) is 1. The summed E-state index contributed by atoms with van der Waals surface area (Å²) in [7, 11) is 0. The molecule has 1 saturated heterocycles. The van der Waals surface area contributed by atoms with Gasteiger partial charge in [0, 0.05) is 17.8 Å². The van der Waals surface area contributed by atoms with Gasteiger partial charge in [-0.05, 0) is 55.8 Å². The first-order valence-corrected chi connectivity index (χ1v) is 9.64. The Bertz CT molecular complexity index is 1040. The van der Waals surface area contributed by atoms with Crippen molar-refractivity contribution in [2.75, 3.05) is 18.8 Å². The average Bonchev–Trinajstić information content (AvgIpc) is 3.36. The van der Waals surface area contributed by atoms with Crippen LogP contribution in [0.5, 0.6) is 0 Å². The second kappa shape index (κ2) is 10.8. The molecule has 8 nitrogen and oxygen atoms in total. The lowest BCUT2D eigenvalue weighted by Gasteiger charge is -2.22. The van der Waals surface area contributed by atoms with Crippen LogP contribution in [0.2, 0.25) is 5.02 Å². The van der Waals surface area contributed by atoms with Gasteiger partial charge in [0.1, 0.15) is 22.8 Å². The standard InChI is InChI=1S/C19H20ClFN6O2.2ClH/c20-14-2-1-12(21)9-11(14)10-24-19(28)16-17(26-29-18(16)22)15-5-8-27(25-15)13-3-6-23-7-4-13;;/h1-2,5,8-9,13,23H,3-4,6-7,10,22H2,(H,24,28);2*1H. The highest BCUT2D eigenvalue weighted by Gasteiger charge is 2.25. The summed E-state index contributed by atoms with van der Waals surface area (Å²) in [6, 6.07) is 6.02. The van der Waals surface area contributed by atoms with Crippen LogP contribution in [0.4, 0.5) is 10.3 Å². The Labute approximate surface area is 195 Å². The van der Waals surface area contributed by atoms with Gasteiger partial charge in [-0.1, -0.05) is 16.8 Å². The van der Waals surface area contributed by atoms with Gasteiger partial charge in [0.2, 0.25) is 5.88 Å². The molecule has 3 heterocycles. The van der Waals surface area contributed by atoms with Crippen LogP contribution in [-0.2, 0) is 6.54 Å². The summed E-state index contributed by atoms with van der Waals surface area (Å²) in [5.74, 6) is -1.05. The minimum absolute atomic E-state index is 0. The number of hydrogen-bond donors (Lipinski definition) is 3. The largest absolute Gasteiger partial charge is 0.367 e. The summed E-state index contributed by atoms with van der Waals surface area (Å²) in [5, 5.41) is 14.8. The highest BCUT2D eigenvalue weighted by atomic mass is 35.5. The van der Waals surface area contributed by atoms with E-state index in [0.717, 1.165) is 25.9 Å². The molecule has 0 unspecified atom stereocenters. The van der Waals surface area contributed by atoms with E-state index in [4.69, 9.17) is 21.9 Å². The average molecular weight is 492 g/mol. The predicted octanol–water partition coefficient (Wildman–Crippen LogP) is 3.61. The number of amides is 1. The maximum Gasteiger partial charge on any atom is 0.259 e. The summed E-state index contributed by atoms with van der Waals surface area (Å²) in [5.41, 5.74) is 7.13. The van der Waals surface area contributed by atoms with Crippen molar-refractivity contribution in [3.8, 4) is 11.4 Å². The molecule has 1 aliphatic rings. The van der Waals surface area contributed by atoms with Crippen LogP contribution in [0.15, 0.2) is 35.0 Å². The number of rotatable bonds is 5. The number of hydrogen-bond acceptors (Lipinski definition) is 6. The first kappa shape index (κ1) is 24.9. The Balaban J connectivity index is 0.00000171. The molecule has 31 heavy (non-hydrogen) atoms. The number of piperidine rings is 1. The molecule has 2 aromatic heterocycles. The van der Waals surface area contributed by atoms with Gasteiger partial charge < -0.3 is 20.9 Å². The van der Waals surface area contributed by atoms with Crippen LogP contribution < -0.4 is 16.4 Å². The topological polar surface area (TPSA) is 111 Å². The molecule has 12 heteroatoms. The third-order valence-electron chi connectivity index (χ3n) is 4.93. The van der Waals surface area contributed by atoms with E-state index in [2.05, 4.69) is 20.9 Å². The third kappa shape index (κ3) is 5.48. The van der Waals surface area contributed by atoms with Crippen molar-refractivity contribution in [2.45, 2.75) is 25.4 Å². The number of aromatic nitrogens is 3. The van der Waals surface area contributed by atoms with Gasteiger partial charge in [-0.15, -0.1) is 24.8 Å². The molecule has 4 rings (SSSR count). The number of anilines is 1. The highest BCUT2D eigenvalue weighted by molar-refractivity contribution is 6.31. The van der Waals surface area contributed by atoms with Crippen LogP contribution >= 0.6 is 36.4 Å². The van der Waals surface area contributed by atoms with Gasteiger partial charge in [-0.25, -0.2) is 4.39 Å². The lowest BCUT2D eigenvalue weighted by atomic mass is 10.1. The normalized spacial score (nSPS) is 13.9. The van der Waals surface area contributed by atoms with Gasteiger partial charge in [0.25, 0.3) is 5.91 Å². The molecule has 4 N–H and O–H groups in total. The molecular formula is C19H22Cl3FN6O2. The molecule has 168 valence electrons. The van der Waals surface area contributed by atoms with E-state index in [1.54, 1.807) is 6.07 Å². The molecule has 1 aliphatic heterocycles. The Hall–Kier alpha value is -2.33. The summed E-state index contributed by atoms with van der Waals surface area (Å²) < 4.78 is 20.3. The molecule has 0 atom stereocenters. The molecule has 1 fully saturated rings. The van der Waals surface area contributed by atoms with Gasteiger partial charge in [0.15, 0.2) is 0 Å². The van der Waals surface area contributed by atoms with Crippen molar-refractivity contribution in [2.24, 2.45) is 0 Å². The SMILES string of the molecule is Cl.Cl.Nc1onc(-c2ccn(C3CCNCC3)n2)c1C(=O)NCc1cc(F)ccc1Cl. The van der Waals surface area contributed by atoms with E-state index in [9.17, 15) is 9.18 Å². The second-order valence-electron chi connectivity index (χ2n) is 6.85. The number of nitrogens with one attached hydrogen (secondary N) is 2. The van der Waals surface area contributed by atoms with Crippen molar-refractivity contribution in [3.63, 3.8) is 0 Å². The molecule has 3 aromatic rings. The third-order valence-corrected chi connectivity index (χ3v) is 5.30. The fourth-order valence-corrected chi connectivity index (χ4v) is 3.56. The first-order chi connectivity index (χ1) is 14.0. The molecule has 0 radical (unpaired) electrons. The van der Waals surface area contributed by atoms with Gasteiger partial charge in [-0.3, -0.25) is 9.48 Å². The van der Waals surface area contributed by atoms with Crippen LogP contribution in [0.25, 0.3) is 11.4 Å². The first-order valence-electron chi connectivity index (χ1n) is 9.26. The summed E-state index contributed by atoms with van der Waals surface area (Å²) >= 11 is 6.05. The van der Waals surface area contributed by atoms with Crippen molar-refractivity contribution in [1.82, 2.24) is 25.6 Å². The number of carbonyl (C=O) groups is 1. The predicted molar refractivity (Wildman–Crippen MR) is 120 cm³/mol. The van der Waals surface area contributed by atoms with Crippen molar-refractivity contribution < 1.29 is 13.7 Å². The van der Waals surface area contributed by atoms with Gasteiger partial charge in [0.05, 0.1) is 6.04 Å². The van der Waals surface area contributed by atoms with Gasteiger partial charge >= 0.3 is 0 Å². The van der Waals surface area contributed by atoms with Crippen LogP contribution in [-0.4, -0.2) is 33.9 Å². The van der Waals surface area contributed by atoms with Crippen LogP contribution in [0.1, 0.15) is 34.8 Å². The quantitative estimate of drug-likeness (QED) is 0.503. The summed E-state index contributed by atoms with van der Waals surface area (Å²) in [6.07, 6.45) is 3.82. The second-order valence-corrected chi connectivity index (χ2v) is 7.26. The van der Waals surface area contributed by atoms with Crippen molar-refractivity contribution in [1.29, 1.82) is 0 Å². The fourth-order valence-electron chi connectivity index (χ4n) is 3.38. The number of halogens is 4. The monoisotopic (exact) mass is 490 g/mol. The molecule has 0 spiro atoms. The summed E-state index contributed by atoms with van der Waals surface area (Å²) in [6.45, 7) is 1.91. The van der Waals surface area contributed by atoms with E-state index < -0.39 is 11.7 Å². The van der Waals surface area contributed by atoms with Crippen molar-refractivity contribution >= 4 is 48.2 Å². The minimum Gasteiger partial charge on any atom is -0.367 e. The number of nitrogen functional groups attached to an aromatic ring is 1. The van der Waals surface area contributed by atoms with Crippen LogP contribution in [0.3, 0.4) is 0 Å². The zero-order valence-electron chi connectivity index (χ0n) is 16.3. The molecule has 0 saturated carbocycles. The molecular weight excluding hydrogens is 470 g/mol. The zero-order chi connectivity index (χ0) is 20.4. The van der Waals surface area contributed by atoms with Crippen molar-refractivity contribution in [3.05, 3.63) is 52.4 Å². The molecule has 1 amide bonds. The Morgan fingerprint density at radius 1 is 1.32 bits per heavy atom. The van der Waals surface area contributed by atoms with Gasteiger partial charge in [-0.2, -0.15) is 5.10 Å². The minimum atomic E-state index is -0.504. The molecule has 0 aliphatic carbocycles. The molecule has 1 aromatic carbocycles. The van der Waals surface area contributed by atoms with E-state index in [-0.39, 0.29) is 48.5 Å². The maximum atomic E-state index is 13.4. The lowest BCUT2D eigenvalue weighted by molar-refractivity contribution is 0.0952. The van der Waals surface area contributed by atoms with E-state index in [0.29, 0.717) is 22.3 Å². The highest BCUT2D eigenvalue weighted by Crippen LogP contribution is 2.28. The van der Waals surface area contributed by atoms with E-state index >= 15 is 0 Å². The van der Waals surface area contributed by atoms with E-state index in [1.807, 2.05) is 10.9 Å². The Kier molecular flexibility index (Phi) is 8.69. The lowest BCUT2D eigenvalue weighted by Crippen LogP contribution is -2.29. The Morgan fingerprint density at radius 3 is 2.81 bits per heavy atom. The smallest absolute Gasteiger partial charge is 0.259 e. The summed E-state index contributed by atoms with van der Waals surface area (Å²) in [4.78, 5) is 12.7.